The Morgan fingerprint density at radius 3 is 2.48 bits per heavy atom. The van der Waals surface area contributed by atoms with Gasteiger partial charge in [0.2, 0.25) is 0 Å². The maximum atomic E-state index is 12.7. The lowest BCUT2D eigenvalue weighted by Gasteiger charge is -2.22. The maximum absolute atomic E-state index is 12.7. The van der Waals surface area contributed by atoms with Crippen molar-refractivity contribution in [3.8, 4) is 16.9 Å². The fraction of sp³-hybridized carbons (Fsp3) is 0.304. The van der Waals surface area contributed by atoms with Crippen LogP contribution < -0.4 is 10.6 Å². The molecule has 1 aromatic heterocycles. The third-order valence-corrected chi connectivity index (χ3v) is 6.62. The van der Waals surface area contributed by atoms with Gasteiger partial charge in [-0.3, -0.25) is 5.32 Å². The highest BCUT2D eigenvalue weighted by Gasteiger charge is 2.22. The highest BCUT2D eigenvalue weighted by atomic mass is 79.9. The summed E-state index contributed by atoms with van der Waals surface area (Å²) < 4.78 is 2.74. The summed E-state index contributed by atoms with van der Waals surface area (Å²) in [7, 11) is 0. The third-order valence-electron chi connectivity index (χ3n) is 5.55. The van der Waals surface area contributed by atoms with Crippen LogP contribution in [0.25, 0.3) is 16.9 Å². The number of rotatable bonds is 4. The molecule has 2 aromatic carbocycles. The monoisotopic (exact) mass is 520 g/mol. The van der Waals surface area contributed by atoms with Gasteiger partial charge in [-0.15, -0.1) is 5.10 Å². The van der Waals surface area contributed by atoms with E-state index in [1.165, 1.54) is 6.42 Å². The van der Waals surface area contributed by atoms with E-state index in [0.717, 1.165) is 47.0 Å². The minimum Gasteiger partial charge on any atom is -0.335 e. The standard InChI is InChI=1S/C23H23BrCl2N4O/c1-14-21(15-7-9-16(24)10-8-15)30(20-12-11-17(25)13-19(20)26)29-22(14)28-23(31)27-18-5-3-2-4-6-18/h7-13,18H,2-6H2,1H3,(H2,27,28,29,31). The van der Waals surface area contributed by atoms with Crippen LogP contribution in [0, 0.1) is 6.92 Å². The Bertz CT molecular complexity index is 1090. The first-order valence-electron chi connectivity index (χ1n) is 10.3. The number of hydrogen-bond acceptors (Lipinski definition) is 2. The molecule has 4 rings (SSSR count). The first kappa shape index (κ1) is 22.2. The van der Waals surface area contributed by atoms with Crippen molar-refractivity contribution < 1.29 is 4.79 Å². The van der Waals surface area contributed by atoms with Crippen molar-refractivity contribution >= 4 is 51.0 Å². The first-order chi connectivity index (χ1) is 14.9. The van der Waals surface area contributed by atoms with Crippen molar-refractivity contribution in [3.05, 3.63) is 62.5 Å². The summed E-state index contributed by atoms with van der Waals surface area (Å²) in [6.45, 7) is 1.95. The van der Waals surface area contributed by atoms with Gasteiger partial charge in [0.1, 0.15) is 0 Å². The summed E-state index contributed by atoms with van der Waals surface area (Å²) >= 11 is 16.1. The summed E-state index contributed by atoms with van der Waals surface area (Å²) in [6.07, 6.45) is 5.58. The molecule has 8 heteroatoms. The topological polar surface area (TPSA) is 59.0 Å². The zero-order valence-electron chi connectivity index (χ0n) is 17.1. The Hall–Kier alpha value is -2.02. The van der Waals surface area contributed by atoms with Crippen LogP contribution in [-0.2, 0) is 0 Å². The Kier molecular flexibility index (Phi) is 6.89. The predicted molar refractivity (Wildman–Crippen MR) is 130 cm³/mol. The number of benzene rings is 2. The van der Waals surface area contributed by atoms with Crippen molar-refractivity contribution in [1.29, 1.82) is 0 Å². The van der Waals surface area contributed by atoms with E-state index in [1.807, 2.05) is 37.3 Å². The van der Waals surface area contributed by atoms with E-state index in [4.69, 9.17) is 28.3 Å². The summed E-state index contributed by atoms with van der Waals surface area (Å²) in [5, 5.41) is 11.8. The summed E-state index contributed by atoms with van der Waals surface area (Å²) in [5.41, 5.74) is 3.35. The summed E-state index contributed by atoms with van der Waals surface area (Å²) in [6, 6.07) is 13.2. The van der Waals surface area contributed by atoms with Gasteiger partial charge in [-0.25, -0.2) is 9.48 Å². The quantitative estimate of drug-likeness (QED) is 0.376. The molecule has 1 aliphatic rings. The molecule has 0 spiro atoms. The van der Waals surface area contributed by atoms with Gasteiger partial charge >= 0.3 is 6.03 Å². The van der Waals surface area contributed by atoms with Crippen molar-refractivity contribution in [2.75, 3.05) is 5.32 Å². The van der Waals surface area contributed by atoms with Gasteiger partial charge < -0.3 is 5.32 Å². The van der Waals surface area contributed by atoms with Gasteiger partial charge in [0, 0.05) is 26.7 Å². The van der Waals surface area contributed by atoms with E-state index in [2.05, 4.69) is 26.6 Å². The van der Waals surface area contributed by atoms with Crippen LogP contribution in [0.4, 0.5) is 10.6 Å². The van der Waals surface area contributed by atoms with E-state index >= 15 is 0 Å². The fourth-order valence-corrected chi connectivity index (χ4v) is 4.72. The molecule has 0 atom stereocenters. The molecule has 0 radical (unpaired) electrons. The SMILES string of the molecule is Cc1c(NC(=O)NC2CCCCC2)nn(-c2ccc(Cl)cc2Cl)c1-c1ccc(Br)cc1. The minimum atomic E-state index is -0.232. The highest BCUT2D eigenvalue weighted by molar-refractivity contribution is 9.10. The summed E-state index contributed by atoms with van der Waals surface area (Å²) in [4.78, 5) is 12.7. The molecule has 2 amide bonds. The molecule has 0 unspecified atom stereocenters. The van der Waals surface area contributed by atoms with E-state index in [9.17, 15) is 4.79 Å². The maximum Gasteiger partial charge on any atom is 0.320 e. The zero-order chi connectivity index (χ0) is 22.0. The van der Waals surface area contributed by atoms with Gasteiger partial charge in [0.15, 0.2) is 5.82 Å². The van der Waals surface area contributed by atoms with Gasteiger partial charge in [0.05, 0.1) is 16.4 Å². The second-order valence-corrected chi connectivity index (χ2v) is 9.53. The third kappa shape index (κ3) is 5.08. The largest absolute Gasteiger partial charge is 0.335 e. The number of amides is 2. The molecule has 5 nitrogen and oxygen atoms in total. The molecule has 1 saturated carbocycles. The average Bonchev–Trinajstić information content (AvgIpc) is 3.05. The van der Waals surface area contributed by atoms with Gasteiger partial charge in [-0.2, -0.15) is 0 Å². The average molecular weight is 522 g/mol. The van der Waals surface area contributed by atoms with E-state index in [1.54, 1.807) is 16.8 Å². The molecular weight excluding hydrogens is 499 g/mol. The van der Waals surface area contributed by atoms with Crippen LogP contribution in [0.15, 0.2) is 46.9 Å². The molecule has 1 aliphatic carbocycles. The van der Waals surface area contributed by atoms with Crippen LogP contribution in [-0.4, -0.2) is 21.9 Å². The molecule has 0 aliphatic heterocycles. The van der Waals surface area contributed by atoms with Gasteiger partial charge in [-0.05, 0) is 50.1 Å². The van der Waals surface area contributed by atoms with Crippen molar-refractivity contribution in [2.24, 2.45) is 0 Å². The molecule has 2 N–H and O–H groups in total. The number of aromatic nitrogens is 2. The molecule has 0 saturated heterocycles. The normalized spacial score (nSPS) is 14.5. The lowest BCUT2D eigenvalue weighted by atomic mass is 9.96. The fourth-order valence-electron chi connectivity index (χ4n) is 3.96. The van der Waals surface area contributed by atoms with Crippen molar-refractivity contribution in [1.82, 2.24) is 15.1 Å². The second kappa shape index (κ2) is 9.63. The zero-order valence-corrected chi connectivity index (χ0v) is 20.2. The smallest absolute Gasteiger partial charge is 0.320 e. The van der Waals surface area contributed by atoms with Crippen LogP contribution in [0.1, 0.15) is 37.7 Å². The van der Waals surface area contributed by atoms with Crippen molar-refractivity contribution in [2.45, 2.75) is 45.1 Å². The molecular formula is C23H23BrCl2N4O. The van der Waals surface area contributed by atoms with E-state index in [0.29, 0.717) is 21.6 Å². The number of carbonyl (C=O) groups is 1. The lowest BCUT2D eigenvalue weighted by Crippen LogP contribution is -2.39. The van der Waals surface area contributed by atoms with E-state index in [-0.39, 0.29) is 12.1 Å². The Morgan fingerprint density at radius 1 is 1.10 bits per heavy atom. The Labute approximate surface area is 200 Å². The molecule has 162 valence electrons. The van der Waals surface area contributed by atoms with Crippen molar-refractivity contribution in [3.63, 3.8) is 0 Å². The first-order valence-corrected chi connectivity index (χ1v) is 11.9. The highest BCUT2D eigenvalue weighted by Crippen LogP contribution is 2.34. The Balaban J connectivity index is 1.71. The molecule has 3 aromatic rings. The number of hydrogen-bond donors (Lipinski definition) is 2. The van der Waals surface area contributed by atoms with Crippen LogP contribution in [0.3, 0.4) is 0 Å². The number of halogens is 3. The molecule has 1 fully saturated rings. The van der Waals surface area contributed by atoms with Gasteiger partial charge in [0.25, 0.3) is 0 Å². The Morgan fingerprint density at radius 2 is 1.81 bits per heavy atom. The predicted octanol–water partition coefficient (Wildman–Crippen LogP) is 7.37. The molecule has 31 heavy (non-hydrogen) atoms. The van der Waals surface area contributed by atoms with Crippen LogP contribution in [0.5, 0.6) is 0 Å². The number of nitrogens with zero attached hydrogens (tertiary/aromatic N) is 2. The van der Waals surface area contributed by atoms with Crippen LogP contribution in [0.2, 0.25) is 10.0 Å². The molecule has 0 bridgehead atoms. The van der Waals surface area contributed by atoms with E-state index < -0.39 is 0 Å². The number of nitrogens with one attached hydrogen (secondary N) is 2. The summed E-state index contributed by atoms with van der Waals surface area (Å²) in [5.74, 6) is 0.497. The lowest BCUT2D eigenvalue weighted by molar-refractivity contribution is 0.244. The number of anilines is 1. The second-order valence-electron chi connectivity index (χ2n) is 7.77. The van der Waals surface area contributed by atoms with Crippen LogP contribution >= 0.6 is 39.1 Å². The minimum absolute atomic E-state index is 0.216. The number of carbonyl (C=O) groups excluding carboxylic acids is 1. The van der Waals surface area contributed by atoms with Gasteiger partial charge in [-0.1, -0.05) is 70.5 Å². The number of urea groups is 1. The molecule has 1 heterocycles.